The average molecular weight is 418 g/mol. The summed E-state index contributed by atoms with van der Waals surface area (Å²) in [5.41, 5.74) is 1.04. The van der Waals surface area contributed by atoms with Gasteiger partial charge in [-0.2, -0.15) is 0 Å². The normalized spacial score (nSPS) is 15.1. The lowest BCUT2D eigenvalue weighted by Crippen LogP contribution is -2.39. The Morgan fingerprint density at radius 3 is 2.71 bits per heavy atom. The van der Waals surface area contributed by atoms with E-state index in [1.807, 2.05) is 57.2 Å². The van der Waals surface area contributed by atoms with Crippen molar-refractivity contribution in [1.82, 2.24) is 0 Å². The summed E-state index contributed by atoms with van der Waals surface area (Å²) < 4.78 is 11.6. The molecule has 0 aromatic heterocycles. The maximum atomic E-state index is 13.3. The van der Waals surface area contributed by atoms with E-state index in [2.05, 4.69) is 5.32 Å². The standard InChI is InChI=1S/C25H26N2O4/c1-5-30-21-12-10-16-8-6-7-9-18(16)22(21)23(28)26-17-11-13-20-19(14-17)27(4)24(29)25(2,3)15-31-20/h6-14H,5,15H2,1-4H3,(H,26,28). The van der Waals surface area contributed by atoms with Crippen molar-refractivity contribution in [3.8, 4) is 11.5 Å². The van der Waals surface area contributed by atoms with Crippen LogP contribution in [0.2, 0.25) is 0 Å². The Labute approximate surface area is 181 Å². The molecule has 0 atom stereocenters. The van der Waals surface area contributed by atoms with Crippen molar-refractivity contribution in [1.29, 1.82) is 0 Å². The van der Waals surface area contributed by atoms with E-state index in [0.717, 1.165) is 10.8 Å². The van der Waals surface area contributed by atoms with Crippen LogP contribution in [-0.4, -0.2) is 32.1 Å². The molecule has 0 saturated carbocycles. The summed E-state index contributed by atoms with van der Waals surface area (Å²) in [4.78, 5) is 27.7. The van der Waals surface area contributed by atoms with Gasteiger partial charge in [0.05, 0.1) is 23.3 Å². The SMILES string of the molecule is CCOc1ccc2ccccc2c1C(=O)Nc1ccc2c(c1)N(C)C(=O)C(C)(C)CO2. The van der Waals surface area contributed by atoms with E-state index in [-0.39, 0.29) is 11.8 Å². The van der Waals surface area contributed by atoms with Crippen molar-refractivity contribution >= 4 is 34.0 Å². The Morgan fingerprint density at radius 1 is 1.16 bits per heavy atom. The number of hydrogen-bond acceptors (Lipinski definition) is 4. The van der Waals surface area contributed by atoms with Gasteiger partial charge in [-0.3, -0.25) is 9.59 Å². The first-order chi connectivity index (χ1) is 14.8. The van der Waals surface area contributed by atoms with Crippen molar-refractivity contribution in [2.45, 2.75) is 20.8 Å². The first-order valence-electron chi connectivity index (χ1n) is 10.3. The summed E-state index contributed by atoms with van der Waals surface area (Å²) >= 11 is 0. The van der Waals surface area contributed by atoms with Crippen molar-refractivity contribution < 1.29 is 19.1 Å². The minimum Gasteiger partial charge on any atom is -0.493 e. The number of carbonyl (C=O) groups is 2. The number of hydrogen-bond donors (Lipinski definition) is 1. The van der Waals surface area contributed by atoms with E-state index >= 15 is 0 Å². The second-order valence-electron chi connectivity index (χ2n) is 8.27. The number of nitrogens with zero attached hydrogens (tertiary/aromatic N) is 1. The zero-order valence-corrected chi connectivity index (χ0v) is 18.2. The molecule has 0 radical (unpaired) electrons. The molecule has 2 amide bonds. The third kappa shape index (κ3) is 3.81. The molecular weight excluding hydrogens is 392 g/mol. The quantitative estimate of drug-likeness (QED) is 0.656. The van der Waals surface area contributed by atoms with Crippen molar-refractivity contribution in [2.24, 2.45) is 5.41 Å². The predicted octanol–water partition coefficient (Wildman–Crippen LogP) is 4.87. The Bertz CT molecular complexity index is 1170. The summed E-state index contributed by atoms with van der Waals surface area (Å²) in [6, 6.07) is 16.8. The second kappa shape index (κ2) is 7.95. The number of anilines is 2. The smallest absolute Gasteiger partial charge is 0.260 e. The molecule has 1 aliphatic heterocycles. The van der Waals surface area contributed by atoms with Crippen molar-refractivity contribution in [3.63, 3.8) is 0 Å². The van der Waals surface area contributed by atoms with Crippen LogP contribution in [0.1, 0.15) is 31.1 Å². The Hall–Kier alpha value is -3.54. The van der Waals surface area contributed by atoms with Gasteiger partial charge in [-0.05, 0) is 55.8 Å². The number of amides is 2. The lowest BCUT2D eigenvalue weighted by Gasteiger charge is -2.24. The molecule has 0 bridgehead atoms. The zero-order chi connectivity index (χ0) is 22.2. The number of nitrogens with one attached hydrogen (secondary N) is 1. The topological polar surface area (TPSA) is 67.9 Å². The van der Waals surface area contributed by atoms with Gasteiger partial charge in [-0.15, -0.1) is 0 Å². The van der Waals surface area contributed by atoms with Gasteiger partial charge >= 0.3 is 0 Å². The van der Waals surface area contributed by atoms with E-state index in [1.165, 1.54) is 0 Å². The van der Waals surface area contributed by atoms with Crippen LogP contribution in [0.5, 0.6) is 11.5 Å². The highest BCUT2D eigenvalue weighted by atomic mass is 16.5. The minimum absolute atomic E-state index is 0.0394. The molecule has 3 aromatic carbocycles. The summed E-state index contributed by atoms with van der Waals surface area (Å²) in [5, 5.41) is 4.74. The molecule has 0 unspecified atom stereocenters. The fourth-order valence-corrected chi connectivity index (χ4v) is 3.82. The third-order valence-electron chi connectivity index (χ3n) is 5.47. The minimum atomic E-state index is -0.632. The predicted molar refractivity (Wildman–Crippen MR) is 122 cm³/mol. The monoisotopic (exact) mass is 418 g/mol. The fraction of sp³-hybridized carbons (Fsp3) is 0.280. The van der Waals surface area contributed by atoms with Gasteiger partial charge in [-0.1, -0.05) is 30.3 Å². The molecule has 6 nitrogen and oxygen atoms in total. The first-order valence-corrected chi connectivity index (χ1v) is 10.3. The van der Waals surface area contributed by atoms with Crippen molar-refractivity contribution in [2.75, 3.05) is 30.5 Å². The third-order valence-corrected chi connectivity index (χ3v) is 5.47. The van der Waals surface area contributed by atoms with Crippen LogP contribution in [0.25, 0.3) is 10.8 Å². The van der Waals surface area contributed by atoms with Gasteiger partial charge in [0.25, 0.3) is 5.91 Å². The molecule has 31 heavy (non-hydrogen) atoms. The molecule has 160 valence electrons. The molecule has 4 rings (SSSR count). The van der Waals surface area contributed by atoms with Crippen LogP contribution in [0.3, 0.4) is 0 Å². The molecule has 0 spiro atoms. The molecule has 1 aliphatic rings. The summed E-state index contributed by atoms with van der Waals surface area (Å²) in [5.74, 6) is 0.830. The zero-order valence-electron chi connectivity index (χ0n) is 18.2. The van der Waals surface area contributed by atoms with Gasteiger partial charge in [0.1, 0.15) is 18.1 Å². The van der Waals surface area contributed by atoms with Gasteiger partial charge in [0.15, 0.2) is 0 Å². The van der Waals surface area contributed by atoms with Crippen LogP contribution in [0.4, 0.5) is 11.4 Å². The van der Waals surface area contributed by atoms with E-state index < -0.39 is 5.41 Å². The van der Waals surface area contributed by atoms with Gasteiger partial charge in [0.2, 0.25) is 5.91 Å². The average Bonchev–Trinajstić information content (AvgIpc) is 2.84. The van der Waals surface area contributed by atoms with Crippen LogP contribution >= 0.6 is 0 Å². The highest BCUT2D eigenvalue weighted by molar-refractivity contribution is 6.15. The second-order valence-corrected chi connectivity index (χ2v) is 8.27. The Morgan fingerprint density at radius 2 is 1.94 bits per heavy atom. The largest absolute Gasteiger partial charge is 0.493 e. The summed E-state index contributed by atoms with van der Waals surface area (Å²) in [6.07, 6.45) is 0. The highest BCUT2D eigenvalue weighted by Gasteiger charge is 2.36. The number of fused-ring (bicyclic) bond motifs is 2. The van der Waals surface area contributed by atoms with E-state index in [0.29, 0.717) is 41.7 Å². The highest BCUT2D eigenvalue weighted by Crippen LogP contribution is 2.38. The van der Waals surface area contributed by atoms with Crippen LogP contribution in [0.15, 0.2) is 54.6 Å². The van der Waals surface area contributed by atoms with Crippen LogP contribution < -0.4 is 19.7 Å². The van der Waals surface area contributed by atoms with Gasteiger partial charge < -0.3 is 19.7 Å². The molecule has 1 heterocycles. The first kappa shape index (κ1) is 20.7. The summed E-state index contributed by atoms with van der Waals surface area (Å²) in [6.45, 7) is 6.35. The van der Waals surface area contributed by atoms with E-state index in [4.69, 9.17) is 9.47 Å². The maximum absolute atomic E-state index is 13.3. The number of rotatable bonds is 4. The van der Waals surface area contributed by atoms with Crippen molar-refractivity contribution in [3.05, 3.63) is 60.2 Å². The molecule has 3 aromatic rings. The van der Waals surface area contributed by atoms with Crippen LogP contribution in [0, 0.1) is 5.41 Å². The van der Waals surface area contributed by atoms with Gasteiger partial charge in [0, 0.05) is 12.7 Å². The lowest BCUT2D eigenvalue weighted by molar-refractivity contribution is -0.127. The van der Waals surface area contributed by atoms with Gasteiger partial charge in [-0.25, -0.2) is 0 Å². The molecular formula is C25H26N2O4. The Balaban J connectivity index is 1.70. The number of benzene rings is 3. The molecule has 6 heteroatoms. The fourth-order valence-electron chi connectivity index (χ4n) is 3.82. The van der Waals surface area contributed by atoms with Crippen LogP contribution in [-0.2, 0) is 4.79 Å². The molecule has 0 aliphatic carbocycles. The number of ether oxygens (including phenoxy) is 2. The van der Waals surface area contributed by atoms with E-state index in [9.17, 15) is 9.59 Å². The Kier molecular flexibility index (Phi) is 5.31. The van der Waals surface area contributed by atoms with E-state index in [1.54, 1.807) is 30.1 Å². The molecule has 0 saturated heterocycles. The maximum Gasteiger partial charge on any atom is 0.260 e. The lowest BCUT2D eigenvalue weighted by atomic mass is 9.93. The molecule has 0 fully saturated rings. The number of carbonyl (C=O) groups excluding carboxylic acids is 2. The molecule has 1 N–H and O–H groups in total. The summed E-state index contributed by atoms with van der Waals surface area (Å²) in [7, 11) is 1.72.